The maximum absolute atomic E-state index is 12.9. The van der Waals surface area contributed by atoms with Crippen molar-refractivity contribution in [1.29, 1.82) is 0 Å². The minimum absolute atomic E-state index is 0.179. The monoisotopic (exact) mass is 434 g/mol. The first-order chi connectivity index (χ1) is 13.0. The summed E-state index contributed by atoms with van der Waals surface area (Å²) in [5.74, 6) is 0.522. The van der Waals surface area contributed by atoms with Crippen LogP contribution < -0.4 is 5.56 Å². The van der Waals surface area contributed by atoms with Gasteiger partial charge in [-0.3, -0.25) is 4.79 Å². The summed E-state index contributed by atoms with van der Waals surface area (Å²) < 4.78 is 0. The molecule has 3 nitrogen and oxygen atoms in total. The number of hydrogen-bond acceptors (Lipinski definition) is 3. The lowest BCUT2D eigenvalue weighted by molar-refractivity contribution is 1.18. The van der Waals surface area contributed by atoms with Crippen LogP contribution in [-0.2, 0) is 6.42 Å². The number of benzene rings is 2. The standard InChI is InChI=1S/C20H13Cl3N2OS/c1-2-15-16(11-5-8-13(22)14(23)9-11)17-19(26)24-18(25-20(17)27-15)10-3-6-12(21)7-4-10/h3-9H,2H2,1H3,(H,24,25,26). The summed E-state index contributed by atoms with van der Waals surface area (Å²) in [7, 11) is 0. The summed E-state index contributed by atoms with van der Waals surface area (Å²) >= 11 is 19.7. The number of rotatable bonds is 3. The fourth-order valence-electron chi connectivity index (χ4n) is 3.00. The summed E-state index contributed by atoms with van der Waals surface area (Å²) in [5, 5.41) is 2.15. The van der Waals surface area contributed by atoms with Crippen molar-refractivity contribution in [3.63, 3.8) is 0 Å². The van der Waals surface area contributed by atoms with Gasteiger partial charge in [-0.15, -0.1) is 11.3 Å². The quantitative estimate of drug-likeness (QED) is 0.383. The highest BCUT2D eigenvalue weighted by molar-refractivity contribution is 7.19. The van der Waals surface area contributed by atoms with Crippen molar-refractivity contribution in [2.75, 3.05) is 0 Å². The molecule has 7 heteroatoms. The molecule has 0 saturated heterocycles. The fraction of sp³-hybridized carbons (Fsp3) is 0.100. The Morgan fingerprint density at radius 1 is 1.00 bits per heavy atom. The van der Waals surface area contributed by atoms with Gasteiger partial charge in [0.1, 0.15) is 10.7 Å². The summed E-state index contributed by atoms with van der Waals surface area (Å²) in [6.07, 6.45) is 0.784. The van der Waals surface area contributed by atoms with Crippen LogP contribution in [-0.4, -0.2) is 9.97 Å². The lowest BCUT2D eigenvalue weighted by atomic mass is 10.0. The van der Waals surface area contributed by atoms with Gasteiger partial charge in [-0.05, 0) is 48.4 Å². The Balaban J connectivity index is 1.96. The Morgan fingerprint density at radius 3 is 2.37 bits per heavy atom. The first kappa shape index (κ1) is 18.5. The number of aryl methyl sites for hydroxylation is 1. The summed E-state index contributed by atoms with van der Waals surface area (Å²) in [4.78, 5) is 22.3. The van der Waals surface area contributed by atoms with Crippen LogP contribution in [0.3, 0.4) is 0 Å². The van der Waals surface area contributed by atoms with Crippen molar-refractivity contribution >= 4 is 56.4 Å². The second-order valence-corrected chi connectivity index (χ2v) is 8.32. The van der Waals surface area contributed by atoms with Crippen molar-refractivity contribution < 1.29 is 0 Å². The molecule has 2 heterocycles. The number of hydrogen-bond donors (Lipinski definition) is 1. The number of fused-ring (bicyclic) bond motifs is 1. The molecule has 0 radical (unpaired) electrons. The van der Waals surface area contributed by atoms with E-state index >= 15 is 0 Å². The first-order valence-corrected chi connectivity index (χ1v) is 10.2. The summed E-state index contributed by atoms with van der Waals surface area (Å²) in [5.41, 5.74) is 2.36. The predicted octanol–water partition coefficient (Wildman–Crippen LogP) is 6.84. The maximum atomic E-state index is 12.9. The topological polar surface area (TPSA) is 45.8 Å². The van der Waals surface area contributed by atoms with Crippen molar-refractivity contribution in [2.45, 2.75) is 13.3 Å². The molecule has 0 unspecified atom stereocenters. The number of halogens is 3. The van der Waals surface area contributed by atoms with Gasteiger partial charge in [0.05, 0.1) is 15.4 Å². The summed E-state index contributed by atoms with van der Waals surface area (Å²) in [6, 6.07) is 12.6. The number of nitrogens with zero attached hydrogens (tertiary/aromatic N) is 1. The van der Waals surface area contributed by atoms with E-state index in [-0.39, 0.29) is 5.56 Å². The molecule has 1 N–H and O–H groups in total. The lowest BCUT2D eigenvalue weighted by Crippen LogP contribution is -2.09. The van der Waals surface area contributed by atoms with Crippen LogP contribution in [0, 0.1) is 0 Å². The largest absolute Gasteiger partial charge is 0.306 e. The number of thiophene rings is 1. The molecular formula is C20H13Cl3N2OS. The Kier molecular flexibility index (Phi) is 4.99. The number of nitrogens with one attached hydrogen (secondary N) is 1. The van der Waals surface area contributed by atoms with E-state index in [0.29, 0.717) is 31.1 Å². The maximum Gasteiger partial charge on any atom is 0.260 e. The third-order valence-electron chi connectivity index (χ3n) is 4.28. The Morgan fingerprint density at radius 2 is 1.70 bits per heavy atom. The van der Waals surface area contributed by atoms with Gasteiger partial charge < -0.3 is 4.98 Å². The van der Waals surface area contributed by atoms with Crippen LogP contribution in [0.1, 0.15) is 11.8 Å². The van der Waals surface area contributed by atoms with E-state index in [1.54, 1.807) is 24.3 Å². The number of aromatic nitrogens is 2. The van der Waals surface area contributed by atoms with Crippen molar-refractivity contribution in [1.82, 2.24) is 9.97 Å². The molecule has 2 aromatic heterocycles. The molecule has 0 bridgehead atoms. The van der Waals surface area contributed by atoms with Crippen molar-refractivity contribution in [3.8, 4) is 22.5 Å². The molecule has 27 heavy (non-hydrogen) atoms. The highest BCUT2D eigenvalue weighted by atomic mass is 35.5. The minimum atomic E-state index is -0.179. The fourth-order valence-corrected chi connectivity index (χ4v) is 4.56. The van der Waals surface area contributed by atoms with E-state index in [0.717, 1.165) is 28.0 Å². The Labute approximate surface area is 174 Å². The molecule has 0 aliphatic carbocycles. The second kappa shape index (κ2) is 7.28. The smallest absolute Gasteiger partial charge is 0.260 e. The first-order valence-electron chi connectivity index (χ1n) is 8.25. The van der Waals surface area contributed by atoms with E-state index in [1.807, 2.05) is 18.2 Å². The van der Waals surface area contributed by atoms with Crippen molar-refractivity contribution in [3.05, 3.63) is 72.8 Å². The van der Waals surface area contributed by atoms with E-state index in [1.165, 1.54) is 11.3 Å². The van der Waals surface area contributed by atoms with E-state index in [4.69, 9.17) is 39.8 Å². The van der Waals surface area contributed by atoms with Gasteiger partial charge in [0.15, 0.2) is 0 Å². The zero-order valence-corrected chi connectivity index (χ0v) is 17.2. The Hall–Kier alpha value is -1.85. The van der Waals surface area contributed by atoms with Crippen molar-refractivity contribution in [2.24, 2.45) is 0 Å². The van der Waals surface area contributed by atoms with Crippen LogP contribution >= 0.6 is 46.1 Å². The van der Waals surface area contributed by atoms with Gasteiger partial charge >= 0.3 is 0 Å². The van der Waals surface area contributed by atoms with E-state index < -0.39 is 0 Å². The van der Waals surface area contributed by atoms with Crippen LogP contribution in [0.5, 0.6) is 0 Å². The van der Waals surface area contributed by atoms with Crippen LogP contribution in [0.25, 0.3) is 32.7 Å². The molecule has 0 aliphatic heterocycles. The third-order valence-corrected chi connectivity index (χ3v) is 6.50. The minimum Gasteiger partial charge on any atom is -0.306 e. The highest BCUT2D eigenvalue weighted by Gasteiger charge is 2.19. The molecule has 136 valence electrons. The molecule has 2 aromatic carbocycles. The van der Waals surface area contributed by atoms with Gasteiger partial charge in [-0.1, -0.05) is 47.8 Å². The Bertz CT molecular complexity index is 1210. The molecule has 0 fully saturated rings. The molecule has 0 aliphatic rings. The van der Waals surface area contributed by atoms with Gasteiger partial charge in [0.2, 0.25) is 0 Å². The van der Waals surface area contributed by atoms with Gasteiger partial charge in [0, 0.05) is 21.0 Å². The lowest BCUT2D eigenvalue weighted by Gasteiger charge is -2.06. The predicted molar refractivity (Wildman–Crippen MR) is 116 cm³/mol. The molecule has 0 saturated carbocycles. The third kappa shape index (κ3) is 3.39. The number of H-pyrrole nitrogens is 1. The average Bonchev–Trinajstić information content (AvgIpc) is 3.04. The van der Waals surface area contributed by atoms with Crippen LogP contribution in [0.2, 0.25) is 15.1 Å². The molecule has 0 amide bonds. The molecular weight excluding hydrogens is 423 g/mol. The van der Waals surface area contributed by atoms with Gasteiger partial charge in [-0.2, -0.15) is 0 Å². The normalized spacial score (nSPS) is 11.3. The zero-order valence-electron chi connectivity index (χ0n) is 14.1. The summed E-state index contributed by atoms with van der Waals surface area (Å²) in [6.45, 7) is 2.06. The molecule has 4 rings (SSSR count). The second-order valence-electron chi connectivity index (χ2n) is 5.98. The van der Waals surface area contributed by atoms with Gasteiger partial charge in [0.25, 0.3) is 5.56 Å². The average molecular weight is 436 g/mol. The SMILES string of the molecule is CCc1sc2nc(-c3ccc(Cl)cc3)[nH]c(=O)c2c1-c1ccc(Cl)c(Cl)c1. The van der Waals surface area contributed by atoms with Crippen LogP contribution in [0.15, 0.2) is 47.3 Å². The number of aromatic amines is 1. The zero-order chi connectivity index (χ0) is 19.1. The molecule has 0 spiro atoms. The molecule has 0 atom stereocenters. The van der Waals surface area contributed by atoms with E-state index in [2.05, 4.69) is 11.9 Å². The molecule has 4 aromatic rings. The highest BCUT2D eigenvalue weighted by Crippen LogP contribution is 2.39. The van der Waals surface area contributed by atoms with Crippen LogP contribution in [0.4, 0.5) is 0 Å². The van der Waals surface area contributed by atoms with E-state index in [9.17, 15) is 4.79 Å². The van der Waals surface area contributed by atoms with Gasteiger partial charge in [-0.25, -0.2) is 4.98 Å².